The van der Waals surface area contributed by atoms with Gasteiger partial charge in [0.15, 0.2) is 0 Å². The molecule has 0 spiro atoms. The number of hydrogen-bond acceptors (Lipinski definition) is 7. The van der Waals surface area contributed by atoms with Gasteiger partial charge >= 0.3 is 0 Å². The van der Waals surface area contributed by atoms with Crippen molar-refractivity contribution in [2.75, 3.05) is 18.9 Å². The van der Waals surface area contributed by atoms with Gasteiger partial charge in [-0.3, -0.25) is 9.59 Å². The molecule has 1 aromatic rings. The highest BCUT2D eigenvalue weighted by atomic mass is 16.2. The average molecular weight is 426 g/mol. The first kappa shape index (κ1) is 22.4. The van der Waals surface area contributed by atoms with E-state index in [1.54, 1.807) is 19.2 Å². The molecule has 9 heteroatoms. The molecule has 1 heterocycles. The third-order valence-electron chi connectivity index (χ3n) is 5.71. The van der Waals surface area contributed by atoms with Crippen molar-refractivity contribution in [1.29, 1.82) is 0 Å². The summed E-state index contributed by atoms with van der Waals surface area (Å²) in [6.45, 7) is 6.37. The van der Waals surface area contributed by atoms with E-state index in [0.29, 0.717) is 29.5 Å². The number of amides is 2. The average Bonchev–Trinajstić information content (AvgIpc) is 2.73. The minimum atomic E-state index is -0.662. The second-order valence-corrected chi connectivity index (χ2v) is 8.16. The Bertz CT molecular complexity index is 959. The van der Waals surface area contributed by atoms with Crippen molar-refractivity contribution in [1.82, 2.24) is 16.0 Å². The normalized spacial score (nSPS) is 18.0. The number of benzene rings is 1. The molecule has 9 nitrogen and oxygen atoms in total. The lowest BCUT2D eigenvalue weighted by molar-refractivity contribution is -0.114. The highest BCUT2D eigenvalue weighted by Gasteiger charge is 2.29. The van der Waals surface area contributed by atoms with E-state index in [1.807, 2.05) is 13.0 Å². The molecule has 0 atom stereocenters. The van der Waals surface area contributed by atoms with Crippen molar-refractivity contribution < 1.29 is 9.59 Å². The van der Waals surface area contributed by atoms with E-state index in [9.17, 15) is 9.59 Å². The van der Waals surface area contributed by atoms with Gasteiger partial charge in [0.2, 0.25) is 5.96 Å². The van der Waals surface area contributed by atoms with Crippen LogP contribution in [0.3, 0.4) is 0 Å². The van der Waals surface area contributed by atoms with E-state index in [2.05, 4.69) is 32.8 Å². The van der Waals surface area contributed by atoms with E-state index in [0.717, 1.165) is 31.2 Å². The number of aryl methyl sites for hydroxylation is 1. The first-order valence-corrected chi connectivity index (χ1v) is 10.4. The van der Waals surface area contributed by atoms with Crippen LogP contribution in [0.25, 0.3) is 0 Å². The zero-order valence-electron chi connectivity index (χ0n) is 18.1. The Hall–Kier alpha value is -3.33. The number of rotatable bonds is 6. The third-order valence-corrected chi connectivity index (χ3v) is 5.71. The van der Waals surface area contributed by atoms with Crippen LogP contribution < -0.4 is 32.7 Å². The van der Waals surface area contributed by atoms with Crippen LogP contribution in [0.5, 0.6) is 0 Å². The molecule has 1 aliphatic heterocycles. The number of carbonyl (C=O) groups is 2. The maximum Gasteiger partial charge on any atom is 0.254 e. The topological polar surface area (TPSA) is 147 Å². The fourth-order valence-electron chi connectivity index (χ4n) is 3.85. The number of nitrogens with one attached hydrogen (secondary N) is 4. The minimum Gasteiger partial charge on any atom is -0.365 e. The largest absolute Gasteiger partial charge is 0.365 e. The van der Waals surface area contributed by atoms with Crippen LogP contribution in [0.1, 0.15) is 48.0 Å². The second-order valence-electron chi connectivity index (χ2n) is 8.16. The first-order valence-electron chi connectivity index (χ1n) is 10.4. The van der Waals surface area contributed by atoms with Crippen LogP contribution in [0.2, 0.25) is 0 Å². The minimum absolute atomic E-state index is 0.149. The summed E-state index contributed by atoms with van der Waals surface area (Å²) >= 11 is 0. The molecule has 1 aromatic carbocycles. The van der Waals surface area contributed by atoms with Crippen molar-refractivity contribution in [2.24, 2.45) is 16.5 Å². The van der Waals surface area contributed by atoms with Gasteiger partial charge < -0.3 is 32.7 Å². The van der Waals surface area contributed by atoms with Crippen molar-refractivity contribution in [3.63, 3.8) is 0 Å². The third kappa shape index (κ3) is 5.24. The number of anilines is 1. The zero-order valence-corrected chi connectivity index (χ0v) is 18.1. The van der Waals surface area contributed by atoms with Gasteiger partial charge in [-0.05, 0) is 37.5 Å². The molecule has 1 saturated carbocycles. The van der Waals surface area contributed by atoms with Gasteiger partial charge in [0, 0.05) is 30.4 Å². The lowest BCUT2D eigenvalue weighted by atomic mass is 9.82. The van der Waals surface area contributed by atoms with Crippen LogP contribution in [0.15, 0.2) is 46.9 Å². The smallest absolute Gasteiger partial charge is 0.254 e. The molecule has 3 rings (SSSR count). The van der Waals surface area contributed by atoms with Gasteiger partial charge in [-0.25, -0.2) is 0 Å². The van der Waals surface area contributed by atoms with Crippen molar-refractivity contribution >= 4 is 23.5 Å². The number of guanidine groups is 1. The standard InChI is InChI=1S/C22H31N7O2/c1-13-7-8-15(20(31)25-3)11-16(13)28-19-17(18(23)30)14(2)27-21(29-19)26-12-22(24)9-5-4-6-10-22/h7-8,11,28H,2,4-6,9-10,12,24H2,1,3H3,(H2,23,30)(H,25,31)(H2,26,27,29). The molecular weight excluding hydrogens is 394 g/mol. The fourth-order valence-corrected chi connectivity index (χ4v) is 3.85. The van der Waals surface area contributed by atoms with Crippen LogP contribution in [0, 0.1) is 6.92 Å². The van der Waals surface area contributed by atoms with Crippen LogP contribution in [0.4, 0.5) is 5.69 Å². The van der Waals surface area contributed by atoms with Gasteiger partial charge in [0.05, 0.1) is 5.70 Å². The summed E-state index contributed by atoms with van der Waals surface area (Å²) in [7, 11) is 1.57. The Kier molecular flexibility index (Phi) is 6.65. The molecule has 0 unspecified atom stereocenters. The predicted octanol–water partition coefficient (Wildman–Crippen LogP) is 1.19. The summed E-state index contributed by atoms with van der Waals surface area (Å²) in [5, 5.41) is 12.0. The Labute approximate surface area is 182 Å². The molecular formula is C22H31N7O2. The Morgan fingerprint density at radius 3 is 2.61 bits per heavy atom. The summed E-state index contributed by atoms with van der Waals surface area (Å²) in [6.07, 6.45) is 5.34. The van der Waals surface area contributed by atoms with Crippen LogP contribution in [-0.2, 0) is 4.79 Å². The van der Waals surface area contributed by atoms with Gasteiger partial charge in [-0.15, -0.1) is 0 Å². The fraction of sp³-hybridized carbons (Fsp3) is 0.409. The Balaban J connectivity index is 1.88. The molecule has 2 aliphatic rings. The van der Waals surface area contributed by atoms with Crippen molar-refractivity contribution in [2.45, 2.75) is 44.6 Å². The van der Waals surface area contributed by atoms with Crippen LogP contribution in [-0.4, -0.2) is 36.9 Å². The molecule has 8 N–H and O–H groups in total. The Morgan fingerprint density at radius 1 is 1.26 bits per heavy atom. The molecule has 1 aliphatic carbocycles. The van der Waals surface area contributed by atoms with Crippen LogP contribution >= 0.6 is 0 Å². The lowest BCUT2D eigenvalue weighted by Crippen LogP contribution is -2.54. The molecule has 0 aromatic heterocycles. The van der Waals surface area contributed by atoms with E-state index >= 15 is 0 Å². The molecule has 1 fully saturated rings. The predicted molar refractivity (Wildman–Crippen MR) is 122 cm³/mol. The summed E-state index contributed by atoms with van der Waals surface area (Å²) in [5.74, 6) is -0.183. The van der Waals surface area contributed by atoms with Gasteiger partial charge in [-0.1, -0.05) is 31.9 Å². The number of nitrogens with zero attached hydrogens (tertiary/aromatic N) is 1. The molecule has 166 valence electrons. The highest BCUT2D eigenvalue weighted by molar-refractivity contribution is 6.01. The summed E-state index contributed by atoms with van der Waals surface area (Å²) < 4.78 is 0. The lowest BCUT2D eigenvalue weighted by Gasteiger charge is -2.34. The van der Waals surface area contributed by atoms with E-state index in [4.69, 9.17) is 11.5 Å². The number of hydrogen-bond donors (Lipinski definition) is 6. The number of carbonyl (C=O) groups excluding carboxylic acids is 2. The Morgan fingerprint density at radius 2 is 1.97 bits per heavy atom. The molecule has 2 amide bonds. The van der Waals surface area contributed by atoms with Gasteiger partial charge in [0.25, 0.3) is 11.8 Å². The SMILES string of the molecule is C=C1NC(NCC2(N)CCCCC2)=NC(Nc2cc(C(=O)NC)ccc2C)=C1C(N)=O. The highest BCUT2D eigenvalue weighted by Crippen LogP contribution is 2.26. The zero-order chi connectivity index (χ0) is 22.6. The summed E-state index contributed by atoms with van der Waals surface area (Å²) in [4.78, 5) is 28.6. The van der Waals surface area contributed by atoms with E-state index in [1.165, 1.54) is 6.42 Å². The molecule has 0 radical (unpaired) electrons. The maximum absolute atomic E-state index is 12.1. The monoisotopic (exact) mass is 425 g/mol. The van der Waals surface area contributed by atoms with Gasteiger partial charge in [0.1, 0.15) is 11.4 Å². The second kappa shape index (κ2) is 9.22. The first-order chi connectivity index (χ1) is 14.7. The molecule has 0 saturated heterocycles. The van der Waals surface area contributed by atoms with Crippen molar-refractivity contribution in [3.8, 4) is 0 Å². The molecule has 0 bridgehead atoms. The number of primary amides is 1. The van der Waals surface area contributed by atoms with E-state index < -0.39 is 5.91 Å². The summed E-state index contributed by atoms with van der Waals surface area (Å²) in [6, 6.07) is 5.24. The quantitative estimate of drug-likeness (QED) is 0.403. The summed E-state index contributed by atoms with van der Waals surface area (Å²) in [5.41, 5.74) is 14.3. The van der Waals surface area contributed by atoms with Crippen molar-refractivity contribution in [3.05, 3.63) is 53.0 Å². The number of aliphatic imine (C=N–C) groups is 1. The molecule has 31 heavy (non-hydrogen) atoms. The number of nitrogens with two attached hydrogens (primary N) is 2. The van der Waals surface area contributed by atoms with E-state index in [-0.39, 0.29) is 22.8 Å². The van der Waals surface area contributed by atoms with Gasteiger partial charge in [-0.2, -0.15) is 4.99 Å². The maximum atomic E-state index is 12.1.